The van der Waals surface area contributed by atoms with Gasteiger partial charge in [0.1, 0.15) is 17.6 Å². The van der Waals surface area contributed by atoms with Crippen molar-refractivity contribution < 1.29 is 24.2 Å². The van der Waals surface area contributed by atoms with Crippen molar-refractivity contribution in [3.05, 3.63) is 29.6 Å². The Kier molecular flexibility index (Phi) is 4.22. The Morgan fingerprint density at radius 1 is 1.25 bits per heavy atom. The minimum atomic E-state index is -1.05. The van der Waals surface area contributed by atoms with Gasteiger partial charge in [0.05, 0.1) is 5.56 Å². The number of hydrogen-bond donors (Lipinski definition) is 2. The van der Waals surface area contributed by atoms with Crippen LogP contribution in [-0.2, 0) is 4.79 Å². The Morgan fingerprint density at radius 3 is 2.65 bits per heavy atom. The van der Waals surface area contributed by atoms with Crippen LogP contribution in [0.1, 0.15) is 36.0 Å². The fourth-order valence-electron chi connectivity index (χ4n) is 2.45. The van der Waals surface area contributed by atoms with Crippen LogP contribution in [0, 0.1) is 5.82 Å². The first kappa shape index (κ1) is 14.3. The number of phenols is 1. The van der Waals surface area contributed by atoms with Crippen LogP contribution >= 0.6 is 0 Å². The molecule has 0 spiro atoms. The summed E-state index contributed by atoms with van der Waals surface area (Å²) in [5, 5.41) is 18.9. The third-order valence-corrected chi connectivity index (χ3v) is 3.49. The monoisotopic (exact) mass is 281 g/mol. The third kappa shape index (κ3) is 2.89. The van der Waals surface area contributed by atoms with E-state index in [9.17, 15) is 24.2 Å². The Labute approximate surface area is 115 Å². The highest BCUT2D eigenvalue weighted by Gasteiger charge is 2.32. The molecule has 0 radical (unpaired) electrons. The lowest BCUT2D eigenvalue weighted by atomic mass is 10.1. The van der Waals surface area contributed by atoms with Crippen molar-refractivity contribution >= 4 is 11.9 Å². The second-order valence-corrected chi connectivity index (χ2v) is 4.86. The molecule has 1 atom stereocenters. The first-order valence-corrected chi connectivity index (χ1v) is 6.53. The zero-order chi connectivity index (χ0) is 14.7. The first-order chi connectivity index (χ1) is 9.50. The molecule has 2 N–H and O–H groups in total. The van der Waals surface area contributed by atoms with Crippen LogP contribution in [0.4, 0.5) is 4.39 Å². The van der Waals surface area contributed by atoms with Crippen molar-refractivity contribution in [2.24, 2.45) is 0 Å². The SMILES string of the molecule is O=C(O)C1CCCCCN1C(=O)c1ccc(F)cc1O. The Balaban J connectivity index is 2.31. The number of carbonyl (C=O) groups is 2. The summed E-state index contributed by atoms with van der Waals surface area (Å²) in [5.74, 6) is -2.74. The maximum atomic E-state index is 12.9. The van der Waals surface area contributed by atoms with E-state index in [2.05, 4.69) is 0 Å². The molecule has 1 heterocycles. The Morgan fingerprint density at radius 2 is 2.00 bits per heavy atom. The van der Waals surface area contributed by atoms with Gasteiger partial charge < -0.3 is 15.1 Å². The summed E-state index contributed by atoms with van der Waals surface area (Å²) in [6.07, 6.45) is 2.72. The van der Waals surface area contributed by atoms with Crippen molar-refractivity contribution in [1.29, 1.82) is 0 Å². The van der Waals surface area contributed by atoms with E-state index in [4.69, 9.17) is 0 Å². The molecule has 5 nitrogen and oxygen atoms in total. The quantitative estimate of drug-likeness (QED) is 0.869. The molecule has 20 heavy (non-hydrogen) atoms. The topological polar surface area (TPSA) is 77.8 Å². The molecule has 108 valence electrons. The predicted molar refractivity (Wildman–Crippen MR) is 69.0 cm³/mol. The average molecular weight is 281 g/mol. The van der Waals surface area contributed by atoms with Crippen LogP contribution in [0.2, 0.25) is 0 Å². The van der Waals surface area contributed by atoms with E-state index in [0.717, 1.165) is 31.4 Å². The number of benzene rings is 1. The summed E-state index contributed by atoms with van der Waals surface area (Å²) in [6, 6.07) is 2.20. The molecule has 0 saturated carbocycles. The molecule has 1 aromatic rings. The number of amides is 1. The zero-order valence-corrected chi connectivity index (χ0v) is 10.9. The fraction of sp³-hybridized carbons (Fsp3) is 0.429. The molecule has 1 fully saturated rings. The number of carboxylic acid groups (broad SMARTS) is 1. The van der Waals surface area contributed by atoms with Crippen LogP contribution in [0.25, 0.3) is 0 Å². The van der Waals surface area contributed by atoms with Gasteiger partial charge in [0.25, 0.3) is 5.91 Å². The standard InChI is InChI=1S/C14H16FNO4/c15-9-5-6-10(12(17)8-9)13(18)16-7-3-1-2-4-11(16)14(19)20/h5-6,8,11,17H,1-4,7H2,(H,19,20). The van der Waals surface area contributed by atoms with Gasteiger partial charge in [-0.25, -0.2) is 9.18 Å². The summed E-state index contributed by atoms with van der Waals surface area (Å²) in [7, 11) is 0. The highest BCUT2D eigenvalue weighted by molar-refractivity contribution is 5.98. The van der Waals surface area contributed by atoms with Crippen LogP contribution in [0.3, 0.4) is 0 Å². The summed E-state index contributed by atoms with van der Waals surface area (Å²) in [4.78, 5) is 24.9. The summed E-state index contributed by atoms with van der Waals surface area (Å²) in [6.45, 7) is 0.326. The molecule has 2 rings (SSSR count). The lowest BCUT2D eigenvalue weighted by Crippen LogP contribution is -2.44. The Hall–Kier alpha value is -2.11. The van der Waals surface area contributed by atoms with E-state index in [-0.39, 0.29) is 5.56 Å². The minimum absolute atomic E-state index is 0.0699. The van der Waals surface area contributed by atoms with Crippen LogP contribution in [-0.4, -0.2) is 39.6 Å². The third-order valence-electron chi connectivity index (χ3n) is 3.49. The number of phenolic OH excluding ortho intramolecular Hbond substituents is 1. The van der Waals surface area contributed by atoms with Gasteiger partial charge in [-0.3, -0.25) is 4.79 Å². The maximum Gasteiger partial charge on any atom is 0.326 e. The number of aromatic hydroxyl groups is 1. The van der Waals surface area contributed by atoms with Gasteiger partial charge in [-0.2, -0.15) is 0 Å². The van der Waals surface area contributed by atoms with E-state index in [1.807, 2.05) is 0 Å². The van der Waals surface area contributed by atoms with Crippen molar-refractivity contribution in [2.45, 2.75) is 31.7 Å². The number of carboxylic acids is 1. The molecule has 1 aromatic carbocycles. The second kappa shape index (κ2) is 5.90. The molecule has 1 aliphatic rings. The fourth-order valence-corrected chi connectivity index (χ4v) is 2.45. The van der Waals surface area contributed by atoms with E-state index < -0.39 is 29.5 Å². The van der Waals surface area contributed by atoms with Gasteiger partial charge in [0, 0.05) is 12.6 Å². The number of carbonyl (C=O) groups excluding carboxylic acids is 1. The van der Waals surface area contributed by atoms with Gasteiger partial charge in [0.2, 0.25) is 0 Å². The molecule has 0 aliphatic carbocycles. The lowest BCUT2D eigenvalue weighted by Gasteiger charge is -2.27. The number of halogens is 1. The highest BCUT2D eigenvalue weighted by Crippen LogP contribution is 2.24. The highest BCUT2D eigenvalue weighted by atomic mass is 19.1. The molecule has 1 unspecified atom stereocenters. The van der Waals surface area contributed by atoms with Gasteiger partial charge in [-0.15, -0.1) is 0 Å². The number of rotatable bonds is 2. The van der Waals surface area contributed by atoms with Crippen molar-refractivity contribution in [1.82, 2.24) is 4.90 Å². The molecule has 1 saturated heterocycles. The van der Waals surface area contributed by atoms with Gasteiger partial charge in [-0.1, -0.05) is 12.8 Å². The van der Waals surface area contributed by atoms with Crippen molar-refractivity contribution in [2.75, 3.05) is 6.54 Å². The smallest absolute Gasteiger partial charge is 0.326 e. The summed E-state index contributed by atoms with van der Waals surface area (Å²) >= 11 is 0. The molecule has 0 bridgehead atoms. The van der Waals surface area contributed by atoms with Crippen LogP contribution in [0.5, 0.6) is 5.75 Å². The summed E-state index contributed by atoms with van der Waals surface area (Å²) < 4.78 is 12.9. The minimum Gasteiger partial charge on any atom is -0.507 e. The second-order valence-electron chi connectivity index (χ2n) is 4.86. The largest absolute Gasteiger partial charge is 0.507 e. The van der Waals surface area contributed by atoms with Crippen molar-refractivity contribution in [3.8, 4) is 5.75 Å². The molecule has 6 heteroatoms. The van der Waals surface area contributed by atoms with E-state index in [1.165, 1.54) is 11.0 Å². The van der Waals surface area contributed by atoms with Crippen molar-refractivity contribution in [3.63, 3.8) is 0 Å². The zero-order valence-electron chi connectivity index (χ0n) is 10.9. The molecular formula is C14H16FNO4. The van der Waals surface area contributed by atoms with Crippen LogP contribution < -0.4 is 0 Å². The number of likely N-dealkylation sites (tertiary alicyclic amines) is 1. The Bertz CT molecular complexity index is 532. The van der Waals surface area contributed by atoms with Gasteiger partial charge >= 0.3 is 5.97 Å². The maximum absolute atomic E-state index is 12.9. The van der Waals surface area contributed by atoms with E-state index in [1.54, 1.807) is 0 Å². The van der Waals surface area contributed by atoms with Gasteiger partial charge in [-0.05, 0) is 25.0 Å². The normalized spacial score (nSPS) is 19.4. The number of aliphatic carboxylic acids is 1. The molecule has 1 aliphatic heterocycles. The summed E-state index contributed by atoms with van der Waals surface area (Å²) in [5.41, 5.74) is -0.0699. The average Bonchev–Trinajstić information content (AvgIpc) is 2.63. The van der Waals surface area contributed by atoms with Gasteiger partial charge in [0.15, 0.2) is 0 Å². The lowest BCUT2D eigenvalue weighted by molar-refractivity contribution is -0.142. The van der Waals surface area contributed by atoms with E-state index >= 15 is 0 Å². The molecule has 0 aromatic heterocycles. The predicted octanol–water partition coefficient (Wildman–Crippen LogP) is 2.00. The van der Waals surface area contributed by atoms with Crippen LogP contribution in [0.15, 0.2) is 18.2 Å². The number of nitrogens with zero attached hydrogens (tertiary/aromatic N) is 1. The van der Waals surface area contributed by atoms with E-state index in [0.29, 0.717) is 13.0 Å². The molecule has 1 amide bonds. The first-order valence-electron chi connectivity index (χ1n) is 6.53. The number of hydrogen-bond acceptors (Lipinski definition) is 3. The molecular weight excluding hydrogens is 265 g/mol.